The minimum Gasteiger partial charge on any atom is -0.487 e. The molecule has 1 heterocycles. The van der Waals surface area contributed by atoms with E-state index in [0.717, 1.165) is 5.56 Å². The highest BCUT2D eigenvalue weighted by Crippen LogP contribution is 2.26. The highest BCUT2D eigenvalue weighted by atomic mass is 16.5. The molecule has 0 unspecified atom stereocenters. The molecule has 0 aliphatic rings. The molecule has 0 saturated carbocycles. The van der Waals surface area contributed by atoms with E-state index in [2.05, 4.69) is 4.98 Å². The van der Waals surface area contributed by atoms with E-state index in [1.807, 2.05) is 6.07 Å². The number of primary amides is 1. The maximum atomic E-state index is 11.4. The number of carbonyl (C=O) groups is 1. The summed E-state index contributed by atoms with van der Waals surface area (Å²) in [5.41, 5.74) is 7.72. The molecule has 0 fully saturated rings. The molecule has 0 spiro atoms. The molecule has 6 heteroatoms. The number of hydrogen-bond donors (Lipinski definition) is 2. The van der Waals surface area contributed by atoms with Gasteiger partial charge in [0.2, 0.25) is 0 Å². The molecule has 2 rings (SSSR count). The number of nitrogens with two attached hydrogens (primary N) is 1. The van der Waals surface area contributed by atoms with E-state index in [1.165, 1.54) is 6.20 Å². The summed E-state index contributed by atoms with van der Waals surface area (Å²) in [5.74, 6) is -0.317. The van der Waals surface area contributed by atoms with Gasteiger partial charge in [-0.1, -0.05) is 12.1 Å². The van der Waals surface area contributed by atoms with Gasteiger partial charge in [-0.3, -0.25) is 9.78 Å². The van der Waals surface area contributed by atoms with Crippen LogP contribution in [-0.2, 0) is 13.2 Å². The van der Waals surface area contributed by atoms with Crippen molar-refractivity contribution in [1.82, 2.24) is 4.98 Å². The second-order valence-corrected chi connectivity index (χ2v) is 4.68. The minimum absolute atomic E-state index is 0.142. The van der Waals surface area contributed by atoms with Gasteiger partial charge in [0.25, 0.3) is 5.91 Å². The molecule has 1 aromatic heterocycles. The van der Waals surface area contributed by atoms with Gasteiger partial charge in [0, 0.05) is 11.8 Å². The standard InChI is InChI=1S/C16H15N3O3/c1-10-15(14(8-20)13(7-19-10)16(18)21)22-9-12-4-2-11(6-17)3-5-12/h2-5,7,20H,8-9H2,1H3,(H2,18,21). The summed E-state index contributed by atoms with van der Waals surface area (Å²) in [6, 6.07) is 8.97. The zero-order valence-corrected chi connectivity index (χ0v) is 12.0. The van der Waals surface area contributed by atoms with E-state index in [9.17, 15) is 9.90 Å². The number of carbonyl (C=O) groups excluding carboxylic acids is 1. The Labute approximate surface area is 127 Å². The van der Waals surface area contributed by atoms with Crippen molar-refractivity contribution in [3.05, 3.63) is 58.4 Å². The number of hydrogen-bond acceptors (Lipinski definition) is 5. The van der Waals surface area contributed by atoms with Crippen molar-refractivity contribution in [2.24, 2.45) is 5.73 Å². The zero-order valence-electron chi connectivity index (χ0n) is 12.0. The molecule has 112 valence electrons. The number of nitriles is 1. The first-order valence-corrected chi connectivity index (χ1v) is 6.57. The summed E-state index contributed by atoms with van der Waals surface area (Å²) < 4.78 is 5.70. The largest absolute Gasteiger partial charge is 0.487 e. The van der Waals surface area contributed by atoms with Crippen molar-refractivity contribution in [2.45, 2.75) is 20.1 Å². The van der Waals surface area contributed by atoms with E-state index < -0.39 is 5.91 Å². The van der Waals surface area contributed by atoms with Crippen LogP contribution in [0.25, 0.3) is 0 Å². The quantitative estimate of drug-likeness (QED) is 0.867. The van der Waals surface area contributed by atoms with Crippen molar-refractivity contribution < 1.29 is 14.6 Å². The number of amides is 1. The Bertz CT molecular complexity index is 734. The summed E-state index contributed by atoms with van der Waals surface area (Å²) >= 11 is 0. The molecule has 1 aromatic carbocycles. The Morgan fingerprint density at radius 1 is 1.41 bits per heavy atom. The number of aliphatic hydroxyl groups is 1. The number of aliphatic hydroxyl groups excluding tert-OH is 1. The molecule has 0 aliphatic heterocycles. The molecule has 0 bridgehead atoms. The van der Waals surface area contributed by atoms with E-state index >= 15 is 0 Å². The van der Waals surface area contributed by atoms with Gasteiger partial charge in [-0.2, -0.15) is 5.26 Å². The summed E-state index contributed by atoms with van der Waals surface area (Å²) in [7, 11) is 0. The molecule has 0 radical (unpaired) electrons. The van der Waals surface area contributed by atoms with Crippen molar-refractivity contribution in [3.63, 3.8) is 0 Å². The lowest BCUT2D eigenvalue weighted by Crippen LogP contribution is -2.16. The fraction of sp³-hybridized carbons (Fsp3) is 0.188. The molecule has 2 aromatic rings. The summed E-state index contributed by atoms with van der Waals surface area (Å²) in [4.78, 5) is 15.4. The van der Waals surface area contributed by atoms with E-state index in [0.29, 0.717) is 22.6 Å². The molecule has 0 aliphatic carbocycles. The number of benzene rings is 1. The van der Waals surface area contributed by atoms with Crippen LogP contribution in [0.1, 0.15) is 32.7 Å². The van der Waals surface area contributed by atoms with Crippen LogP contribution in [0.5, 0.6) is 5.75 Å². The lowest BCUT2D eigenvalue weighted by molar-refractivity contribution is 0.0996. The van der Waals surface area contributed by atoms with Crippen LogP contribution >= 0.6 is 0 Å². The molecular formula is C16H15N3O3. The average Bonchev–Trinajstić information content (AvgIpc) is 2.53. The van der Waals surface area contributed by atoms with Crippen LogP contribution < -0.4 is 10.5 Å². The first-order valence-electron chi connectivity index (χ1n) is 6.57. The number of ether oxygens (including phenoxy) is 1. The third kappa shape index (κ3) is 3.22. The van der Waals surface area contributed by atoms with Gasteiger partial charge in [-0.05, 0) is 24.6 Å². The smallest absolute Gasteiger partial charge is 0.250 e. The fourth-order valence-corrected chi connectivity index (χ4v) is 2.03. The fourth-order valence-electron chi connectivity index (χ4n) is 2.03. The van der Waals surface area contributed by atoms with Crippen LogP contribution in [-0.4, -0.2) is 16.0 Å². The van der Waals surface area contributed by atoms with Crippen molar-refractivity contribution in [2.75, 3.05) is 0 Å². The van der Waals surface area contributed by atoms with Crippen LogP contribution in [0.15, 0.2) is 30.5 Å². The van der Waals surface area contributed by atoms with Crippen LogP contribution in [0.3, 0.4) is 0 Å². The number of aromatic nitrogens is 1. The van der Waals surface area contributed by atoms with Crippen molar-refractivity contribution >= 4 is 5.91 Å². The number of pyridine rings is 1. The van der Waals surface area contributed by atoms with Crippen LogP contribution in [0.2, 0.25) is 0 Å². The third-order valence-electron chi connectivity index (χ3n) is 3.20. The number of aryl methyl sites for hydroxylation is 1. The predicted octanol–water partition coefficient (Wildman–Crippen LogP) is 1.43. The van der Waals surface area contributed by atoms with Gasteiger partial charge in [-0.15, -0.1) is 0 Å². The molecule has 22 heavy (non-hydrogen) atoms. The first-order chi connectivity index (χ1) is 10.6. The van der Waals surface area contributed by atoms with E-state index in [4.69, 9.17) is 15.7 Å². The molecular weight excluding hydrogens is 282 g/mol. The Morgan fingerprint density at radius 3 is 2.64 bits per heavy atom. The highest BCUT2D eigenvalue weighted by molar-refractivity contribution is 5.94. The third-order valence-corrected chi connectivity index (χ3v) is 3.20. The summed E-state index contributed by atoms with van der Waals surface area (Å²) in [5, 5.41) is 18.2. The van der Waals surface area contributed by atoms with E-state index in [1.54, 1.807) is 31.2 Å². The van der Waals surface area contributed by atoms with Gasteiger partial charge < -0.3 is 15.6 Å². The van der Waals surface area contributed by atoms with Gasteiger partial charge in [-0.25, -0.2) is 0 Å². The summed E-state index contributed by atoms with van der Waals surface area (Å²) in [6.07, 6.45) is 1.33. The summed E-state index contributed by atoms with van der Waals surface area (Å²) in [6.45, 7) is 1.58. The lowest BCUT2D eigenvalue weighted by Gasteiger charge is -2.14. The molecule has 6 nitrogen and oxygen atoms in total. The topological polar surface area (TPSA) is 109 Å². The molecule has 0 saturated heterocycles. The van der Waals surface area contributed by atoms with Crippen LogP contribution in [0.4, 0.5) is 0 Å². The maximum absolute atomic E-state index is 11.4. The van der Waals surface area contributed by atoms with Crippen molar-refractivity contribution in [1.29, 1.82) is 5.26 Å². The SMILES string of the molecule is Cc1ncc(C(N)=O)c(CO)c1OCc1ccc(C#N)cc1. The van der Waals surface area contributed by atoms with Gasteiger partial charge >= 0.3 is 0 Å². The Hall–Kier alpha value is -2.91. The second-order valence-electron chi connectivity index (χ2n) is 4.68. The van der Waals surface area contributed by atoms with Gasteiger partial charge in [0.1, 0.15) is 12.4 Å². The molecule has 0 atom stereocenters. The molecule has 1 amide bonds. The van der Waals surface area contributed by atoms with Gasteiger partial charge in [0.05, 0.1) is 29.5 Å². The second kappa shape index (κ2) is 6.70. The first kappa shape index (κ1) is 15.5. The number of rotatable bonds is 5. The monoisotopic (exact) mass is 297 g/mol. The van der Waals surface area contributed by atoms with Crippen molar-refractivity contribution in [3.8, 4) is 11.8 Å². The lowest BCUT2D eigenvalue weighted by atomic mass is 10.1. The molecule has 3 N–H and O–H groups in total. The minimum atomic E-state index is -0.667. The highest BCUT2D eigenvalue weighted by Gasteiger charge is 2.16. The van der Waals surface area contributed by atoms with Gasteiger partial charge in [0.15, 0.2) is 0 Å². The average molecular weight is 297 g/mol. The Morgan fingerprint density at radius 2 is 2.09 bits per heavy atom. The zero-order chi connectivity index (χ0) is 16.1. The Balaban J connectivity index is 2.26. The normalized spacial score (nSPS) is 10.0. The maximum Gasteiger partial charge on any atom is 0.250 e. The van der Waals surface area contributed by atoms with E-state index in [-0.39, 0.29) is 18.8 Å². The predicted molar refractivity (Wildman–Crippen MR) is 78.9 cm³/mol. The van der Waals surface area contributed by atoms with Crippen LogP contribution in [0, 0.1) is 18.3 Å². The number of nitrogens with zero attached hydrogens (tertiary/aromatic N) is 2. The Kier molecular flexibility index (Phi) is 4.71.